The lowest BCUT2D eigenvalue weighted by Crippen LogP contribution is -2.48. The van der Waals surface area contributed by atoms with E-state index in [0.29, 0.717) is 28.8 Å². The molecule has 0 spiro atoms. The van der Waals surface area contributed by atoms with Crippen molar-refractivity contribution in [1.29, 1.82) is 5.26 Å². The smallest absolute Gasteiger partial charge is 0.411 e. The first-order valence-corrected chi connectivity index (χ1v) is 12.6. The number of rotatable bonds is 7. The molecule has 1 aromatic rings. The van der Waals surface area contributed by atoms with Gasteiger partial charge in [0.05, 0.1) is 25.3 Å². The maximum atomic E-state index is 14.8. The monoisotopic (exact) mass is 513 g/mol. The second-order valence-electron chi connectivity index (χ2n) is 10.5. The summed E-state index contributed by atoms with van der Waals surface area (Å²) in [6.07, 6.45) is 1.87. The zero-order chi connectivity index (χ0) is 27.5. The van der Waals surface area contributed by atoms with Crippen LogP contribution in [0.1, 0.15) is 78.2 Å². The Morgan fingerprint density at radius 2 is 1.97 bits per heavy atom. The molecule has 2 aliphatic rings. The highest BCUT2D eigenvalue weighted by Crippen LogP contribution is 2.44. The van der Waals surface area contributed by atoms with Crippen molar-refractivity contribution in [2.75, 3.05) is 19.0 Å². The molecule has 0 saturated heterocycles. The minimum Gasteiger partial charge on any atom is -0.506 e. The molecule has 3 rings (SSSR count). The summed E-state index contributed by atoms with van der Waals surface area (Å²) < 4.78 is 25.3. The van der Waals surface area contributed by atoms with Gasteiger partial charge in [0.1, 0.15) is 23.2 Å². The second kappa shape index (κ2) is 11.2. The van der Waals surface area contributed by atoms with E-state index in [0.717, 1.165) is 18.4 Å². The summed E-state index contributed by atoms with van der Waals surface area (Å²) >= 11 is 0. The number of aromatic hydroxyl groups is 1. The Morgan fingerprint density at radius 3 is 2.51 bits per heavy atom. The first-order chi connectivity index (χ1) is 17.4. The number of hydrogen-bond donors (Lipinski definition) is 2. The predicted molar refractivity (Wildman–Crippen MR) is 137 cm³/mol. The normalized spacial score (nSPS) is 18.6. The molecule has 200 valence electrons. The third-order valence-electron chi connectivity index (χ3n) is 6.60. The number of phenolic OH excluding ortho intramolecular Hbond substituents is 1. The molecule has 9 heteroatoms. The SMILES string of the molecule is CCC(C)=C(CC(=O)OC)C1=C(Nc2cc(F)c(C3CC3)cc2O)CCN(C(=O)OC(C)(C)C)C1C#N. The van der Waals surface area contributed by atoms with Crippen LogP contribution in [0.3, 0.4) is 0 Å². The molecule has 8 nitrogen and oxygen atoms in total. The minimum absolute atomic E-state index is 0.107. The van der Waals surface area contributed by atoms with Gasteiger partial charge < -0.3 is 19.9 Å². The first kappa shape index (κ1) is 28.0. The van der Waals surface area contributed by atoms with Gasteiger partial charge in [-0.2, -0.15) is 5.26 Å². The third kappa shape index (κ3) is 6.62. The molecule has 0 radical (unpaired) electrons. The second-order valence-corrected chi connectivity index (χ2v) is 10.5. The van der Waals surface area contributed by atoms with Gasteiger partial charge in [0.15, 0.2) is 0 Å². The van der Waals surface area contributed by atoms with Crippen LogP contribution in [-0.2, 0) is 14.3 Å². The van der Waals surface area contributed by atoms with Crippen molar-refractivity contribution in [1.82, 2.24) is 4.90 Å². The molecule has 37 heavy (non-hydrogen) atoms. The van der Waals surface area contributed by atoms with Gasteiger partial charge in [-0.15, -0.1) is 0 Å². The van der Waals surface area contributed by atoms with Gasteiger partial charge in [-0.05, 0) is 70.1 Å². The van der Waals surface area contributed by atoms with E-state index in [1.807, 2.05) is 13.8 Å². The summed E-state index contributed by atoms with van der Waals surface area (Å²) in [5.41, 5.74) is 2.22. The van der Waals surface area contributed by atoms with Gasteiger partial charge in [0.25, 0.3) is 0 Å². The van der Waals surface area contributed by atoms with Crippen LogP contribution >= 0.6 is 0 Å². The standard InChI is InChI=1S/C28H36FN3O5/c1-7-16(2)18(13-25(34)36-6)26-21(10-11-32(23(26)15-30)27(35)37-28(3,4)5)31-22-14-20(29)19(12-24(22)33)17-8-9-17/h12,14,17,23,31,33H,7-11,13H2,1-6H3. The highest BCUT2D eigenvalue weighted by atomic mass is 19.1. The van der Waals surface area contributed by atoms with Gasteiger partial charge in [-0.25, -0.2) is 9.18 Å². The third-order valence-corrected chi connectivity index (χ3v) is 6.60. The summed E-state index contributed by atoms with van der Waals surface area (Å²) in [4.78, 5) is 26.8. The molecule has 1 aromatic carbocycles. The molecule has 1 aliphatic carbocycles. The summed E-state index contributed by atoms with van der Waals surface area (Å²) in [5.74, 6) is -0.896. The van der Waals surface area contributed by atoms with E-state index in [1.165, 1.54) is 24.1 Å². The van der Waals surface area contributed by atoms with Gasteiger partial charge >= 0.3 is 12.1 Å². The molecule has 1 unspecified atom stereocenters. The average molecular weight is 514 g/mol. The summed E-state index contributed by atoms with van der Waals surface area (Å²) in [6, 6.07) is 3.82. The Hall–Kier alpha value is -3.54. The number of carbonyl (C=O) groups excluding carboxylic acids is 2. The van der Waals surface area contributed by atoms with E-state index in [1.54, 1.807) is 20.8 Å². The molecule has 1 fully saturated rings. The lowest BCUT2D eigenvalue weighted by atomic mass is 9.86. The van der Waals surface area contributed by atoms with Crippen LogP contribution in [0, 0.1) is 17.1 Å². The molecule has 1 saturated carbocycles. The fraction of sp³-hybridized carbons (Fsp3) is 0.536. The van der Waals surface area contributed by atoms with E-state index in [9.17, 15) is 24.3 Å². The van der Waals surface area contributed by atoms with Gasteiger partial charge in [-0.1, -0.05) is 12.5 Å². The molecule has 0 bridgehead atoms. The van der Waals surface area contributed by atoms with Crippen molar-refractivity contribution < 1.29 is 28.6 Å². The van der Waals surface area contributed by atoms with E-state index in [2.05, 4.69) is 11.4 Å². The molecular weight excluding hydrogens is 477 g/mol. The Bertz CT molecular complexity index is 1170. The number of benzene rings is 1. The lowest BCUT2D eigenvalue weighted by molar-refractivity contribution is -0.139. The number of methoxy groups -OCH3 is 1. The van der Waals surface area contributed by atoms with Crippen LogP contribution in [0.15, 0.2) is 34.5 Å². The van der Waals surface area contributed by atoms with Crippen LogP contribution in [0.2, 0.25) is 0 Å². The number of carbonyl (C=O) groups is 2. The topological polar surface area (TPSA) is 112 Å². The molecular formula is C28H36FN3O5. The quantitative estimate of drug-likeness (QED) is 0.345. The number of ether oxygens (including phenoxy) is 2. The van der Waals surface area contributed by atoms with Crippen LogP contribution < -0.4 is 5.32 Å². The van der Waals surface area contributed by atoms with Crippen molar-refractivity contribution >= 4 is 17.7 Å². The van der Waals surface area contributed by atoms with Gasteiger partial charge in [0.2, 0.25) is 0 Å². The first-order valence-electron chi connectivity index (χ1n) is 12.6. The van der Waals surface area contributed by atoms with Crippen molar-refractivity contribution in [3.05, 3.63) is 45.9 Å². The van der Waals surface area contributed by atoms with Crippen molar-refractivity contribution in [3.63, 3.8) is 0 Å². The fourth-order valence-corrected chi connectivity index (χ4v) is 4.40. The van der Waals surface area contributed by atoms with Crippen LogP contribution in [0.4, 0.5) is 14.9 Å². The summed E-state index contributed by atoms with van der Waals surface area (Å²) in [6.45, 7) is 9.16. The van der Waals surface area contributed by atoms with Gasteiger partial charge in [-0.3, -0.25) is 9.69 Å². The Balaban J connectivity index is 2.14. The number of allylic oxidation sites excluding steroid dienone is 1. The molecule has 0 aromatic heterocycles. The number of nitriles is 1. The zero-order valence-electron chi connectivity index (χ0n) is 22.4. The lowest BCUT2D eigenvalue weighted by Gasteiger charge is -2.37. The summed E-state index contributed by atoms with van der Waals surface area (Å²) in [7, 11) is 1.28. The zero-order valence-corrected chi connectivity index (χ0v) is 22.4. The minimum atomic E-state index is -1.08. The van der Waals surface area contributed by atoms with E-state index >= 15 is 0 Å². The number of phenols is 1. The average Bonchev–Trinajstić information content (AvgIpc) is 3.67. The van der Waals surface area contributed by atoms with E-state index in [-0.39, 0.29) is 36.7 Å². The van der Waals surface area contributed by atoms with Crippen molar-refractivity contribution in [3.8, 4) is 11.8 Å². The molecule has 1 atom stereocenters. The largest absolute Gasteiger partial charge is 0.506 e. The number of esters is 1. The maximum absolute atomic E-state index is 14.8. The number of amides is 1. The molecule has 1 heterocycles. The predicted octanol–water partition coefficient (Wildman–Crippen LogP) is 5.90. The van der Waals surface area contributed by atoms with Crippen LogP contribution in [0.5, 0.6) is 5.75 Å². The molecule has 1 aliphatic heterocycles. The highest BCUT2D eigenvalue weighted by Gasteiger charge is 2.38. The van der Waals surface area contributed by atoms with Gasteiger partial charge in [0, 0.05) is 30.3 Å². The maximum Gasteiger partial charge on any atom is 0.411 e. The Kier molecular flexibility index (Phi) is 8.52. The number of nitrogens with one attached hydrogen (secondary N) is 1. The van der Waals surface area contributed by atoms with Crippen molar-refractivity contribution in [2.45, 2.75) is 84.3 Å². The molecule has 1 amide bonds. The summed E-state index contributed by atoms with van der Waals surface area (Å²) in [5, 5.41) is 24.1. The fourth-order valence-electron chi connectivity index (χ4n) is 4.40. The number of nitrogens with zero attached hydrogens (tertiary/aromatic N) is 2. The highest BCUT2D eigenvalue weighted by molar-refractivity contribution is 5.77. The number of anilines is 1. The Morgan fingerprint density at radius 1 is 1.30 bits per heavy atom. The van der Waals surface area contributed by atoms with Crippen LogP contribution in [0.25, 0.3) is 0 Å². The van der Waals surface area contributed by atoms with E-state index < -0.39 is 29.5 Å². The van der Waals surface area contributed by atoms with Crippen molar-refractivity contribution in [2.24, 2.45) is 0 Å². The number of halogens is 1. The molecule has 2 N–H and O–H groups in total. The Labute approximate surface area is 217 Å². The number of hydrogen-bond acceptors (Lipinski definition) is 7. The van der Waals surface area contributed by atoms with E-state index in [4.69, 9.17) is 9.47 Å². The van der Waals surface area contributed by atoms with Crippen LogP contribution in [-0.4, -0.2) is 47.4 Å².